The number of ether oxygens (including phenoxy) is 1. The maximum Gasteiger partial charge on any atom is 0.0587 e. The van der Waals surface area contributed by atoms with Gasteiger partial charge in [-0.1, -0.05) is 13.0 Å². The lowest BCUT2D eigenvalue weighted by Crippen LogP contribution is -2.42. The zero-order valence-corrected chi connectivity index (χ0v) is 14.0. The van der Waals surface area contributed by atoms with Gasteiger partial charge in [-0.15, -0.1) is 0 Å². The van der Waals surface area contributed by atoms with Crippen LogP contribution in [0.5, 0.6) is 0 Å². The molecule has 118 valence electrons. The van der Waals surface area contributed by atoms with E-state index in [2.05, 4.69) is 49.2 Å². The Hall–Kier alpha value is -1.06. The molecule has 2 rings (SSSR count). The van der Waals surface area contributed by atoms with E-state index in [1.165, 1.54) is 36.2 Å². The molecule has 21 heavy (non-hydrogen) atoms. The molecule has 0 spiro atoms. The van der Waals surface area contributed by atoms with Crippen LogP contribution in [0.3, 0.4) is 0 Å². The van der Waals surface area contributed by atoms with E-state index in [1.807, 2.05) is 0 Å². The van der Waals surface area contributed by atoms with Crippen LogP contribution in [-0.2, 0) is 11.3 Å². The topological polar surface area (TPSA) is 24.5 Å². The van der Waals surface area contributed by atoms with Crippen LogP contribution in [0.1, 0.15) is 37.8 Å². The normalized spacial score (nSPS) is 22.6. The van der Waals surface area contributed by atoms with Crippen molar-refractivity contribution in [3.05, 3.63) is 29.3 Å². The smallest absolute Gasteiger partial charge is 0.0587 e. The lowest BCUT2D eigenvalue weighted by molar-refractivity contribution is 0.199. The summed E-state index contributed by atoms with van der Waals surface area (Å²) in [6, 6.07) is 7.55. The van der Waals surface area contributed by atoms with Crippen molar-refractivity contribution in [2.45, 2.75) is 46.2 Å². The van der Waals surface area contributed by atoms with Crippen molar-refractivity contribution in [3.63, 3.8) is 0 Å². The van der Waals surface area contributed by atoms with E-state index in [4.69, 9.17) is 4.74 Å². The maximum absolute atomic E-state index is 5.06. The van der Waals surface area contributed by atoms with Crippen LogP contribution < -0.4 is 10.2 Å². The Morgan fingerprint density at radius 3 is 2.86 bits per heavy atom. The van der Waals surface area contributed by atoms with E-state index in [9.17, 15) is 0 Å². The molecular weight excluding hydrogens is 260 g/mol. The highest BCUT2D eigenvalue weighted by Gasteiger charge is 2.24. The van der Waals surface area contributed by atoms with Crippen molar-refractivity contribution in [1.29, 1.82) is 0 Å². The molecule has 1 fully saturated rings. The molecule has 3 nitrogen and oxygen atoms in total. The molecule has 0 aliphatic carbocycles. The van der Waals surface area contributed by atoms with Gasteiger partial charge >= 0.3 is 0 Å². The summed E-state index contributed by atoms with van der Waals surface area (Å²) in [6.07, 6.45) is 2.67. The molecule has 1 aromatic carbocycles. The molecule has 1 saturated heterocycles. The summed E-state index contributed by atoms with van der Waals surface area (Å²) in [6.45, 7) is 10.7. The predicted molar refractivity (Wildman–Crippen MR) is 90.0 cm³/mol. The SMILES string of the molecule is COCCNCc1ccc(N2CCCC(C)C2C)cc1C. The summed E-state index contributed by atoms with van der Waals surface area (Å²) < 4.78 is 5.06. The minimum atomic E-state index is 0.642. The third-order valence-electron chi connectivity index (χ3n) is 4.83. The van der Waals surface area contributed by atoms with E-state index in [1.54, 1.807) is 7.11 Å². The first kappa shape index (κ1) is 16.3. The van der Waals surface area contributed by atoms with Crippen molar-refractivity contribution in [1.82, 2.24) is 5.32 Å². The van der Waals surface area contributed by atoms with E-state index in [0.717, 1.165) is 25.6 Å². The third kappa shape index (κ3) is 4.21. The summed E-state index contributed by atoms with van der Waals surface area (Å²) in [5, 5.41) is 3.42. The quantitative estimate of drug-likeness (QED) is 0.813. The van der Waals surface area contributed by atoms with Crippen molar-refractivity contribution < 1.29 is 4.74 Å². The second kappa shape index (κ2) is 7.81. The Bertz CT molecular complexity index is 447. The van der Waals surface area contributed by atoms with E-state index in [0.29, 0.717) is 6.04 Å². The number of hydrogen-bond donors (Lipinski definition) is 1. The standard InChI is InChI=1S/C18H30N2O/c1-14-6-5-10-20(16(14)3)18-8-7-17(15(2)12-18)13-19-9-11-21-4/h7-8,12,14,16,19H,5-6,9-11,13H2,1-4H3. The average molecular weight is 290 g/mol. The molecule has 1 heterocycles. The van der Waals surface area contributed by atoms with Gasteiger partial charge in [0.25, 0.3) is 0 Å². The van der Waals surface area contributed by atoms with E-state index < -0.39 is 0 Å². The first-order chi connectivity index (χ1) is 10.1. The molecule has 1 aromatic rings. The highest BCUT2D eigenvalue weighted by atomic mass is 16.5. The molecule has 2 unspecified atom stereocenters. The minimum absolute atomic E-state index is 0.642. The van der Waals surface area contributed by atoms with Crippen LogP contribution in [-0.4, -0.2) is 32.8 Å². The van der Waals surface area contributed by atoms with Crippen LogP contribution >= 0.6 is 0 Å². The van der Waals surface area contributed by atoms with Crippen molar-refractivity contribution in [2.75, 3.05) is 31.7 Å². The predicted octanol–water partition coefficient (Wildman–Crippen LogP) is 3.36. The highest BCUT2D eigenvalue weighted by molar-refractivity contribution is 5.52. The molecule has 3 heteroatoms. The number of anilines is 1. The Kier molecular flexibility index (Phi) is 6.07. The van der Waals surface area contributed by atoms with Gasteiger partial charge in [0.15, 0.2) is 0 Å². The van der Waals surface area contributed by atoms with Crippen molar-refractivity contribution in [2.24, 2.45) is 5.92 Å². The first-order valence-electron chi connectivity index (χ1n) is 8.19. The minimum Gasteiger partial charge on any atom is -0.383 e. The molecule has 1 aliphatic heterocycles. The number of nitrogens with zero attached hydrogens (tertiary/aromatic N) is 1. The lowest BCUT2D eigenvalue weighted by atomic mass is 9.91. The fourth-order valence-electron chi connectivity index (χ4n) is 3.15. The van der Waals surface area contributed by atoms with Gasteiger partial charge in [-0.3, -0.25) is 0 Å². The fraction of sp³-hybridized carbons (Fsp3) is 0.667. The molecule has 0 saturated carbocycles. The Balaban J connectivity index is 2.01. The molecule has 0 radical (unpaired) electrons. The van der Waals surface area contributed by atoms with Crippen molar-refractivity contribution in [3.8, 4) is 0 Å². The van der Waals surface area contributed by atoms with Crippen LogP contribution in [0.25, 0.3) is 0 Å². The number of hydrogen-bond acceptors (Lipinski definition) is 3. The van der Waals surface area contributed by atoms with Crippen LogP contribution in [0, 0.1) is 12.8 Å². The van der Waals surface area contributed by atoms with Gasteiger partial charge in [0.1, 0.15) is 0 Å². The zero-order valence-electron chi connectivity index (χ0n) is 14.0. The summed E-state index contributed by atoms with van der Waals surface area (Å²) >= 11 is 0. The number of methoxy groups -OCH3 is 1. The maximum atomic E-state index is 5.06. The zero-order chi connectivity index (χ0) is 15.2. The molecular formula is C18H30N2O. The van der Waals surface area contributed by atoms with Gasteiger partial charge in [-0.2, -0.15) is 0 Å². The second-order valence-corrected chi connectivity index (χ2v) is 6.33. The van der Waals surface area contributed by atoms with Gasteiger partial charge in [-0.05, 0) is 55.9 Å². The van der Waals surface area contributed by atoms with Gasteiger partial charge in [0.2, 0.25) is 0 Å². The Morgan fingerprint density at radius 2 is 2.14 bits per heavy atom. The number of rotatable bonds is 6. The Morgan fingerprint density at radius 1 is 1.33 bits per heavy atom. The number of nitrogens with one attached hydrogen (secondary N) is 1. The first-order valence-corrected chi connectivity index (χ1v) is 8.19. The number of benzene rings is 1. The van der Waals surface area contributed by atoms with E-state index >= 15 is 0 Å². The fourth-order valence-corrected chi connectivity index (χ4v) is 3.15. The van der Waals surface area contributed by atoms with E-state index in [-0.39, 0.29) is 0 Å². The summed E-state index contributed by atoms with van der Waals surface area (Å²) in [7, 11) is 1.74. The molecule has 1 aliphatic rings. The van der Waals surface area contributed by atoms with Gasteiger partial charge in [-0.25, -0.2) is 0 Å². The van der Waals surface area contributed by atoms with Crippen LogP contribution in [0.2, 0.25) is 0 Å². The lowest BCUT2D eigenvalue weighted by Gasteiger charge is -2.40. The largest absolute Gasteiger partial charge is 0.383 e. The molecule has 2 atom stereocenters. The second-order valence-electron chi connectivity index (χ2n) is 6.33. The molecule has 0 bridgehead atoms. The average Bonchev–Trinajstić information content (AvgIpc) is 2.48. The molecule has 0 amide bonds. The van der Waals surface area contributed by atoms with Gasteiger partial charge < -0.3 is 15.0 Å². The highest BCUT2D eigenvalue weighted by Crippen LogP contribution is 2.29. The summed E-state index contributed by atoms with van der Waals surface area (Å²) in [4.78, 5) is 2.57. The van der Waals surface area contributed by atoms with Gasteiger partial charge in [0.05, 0.1) is 6.61 Å². The third-order valence-corrected chi connectivity index (χ3v) is 4.83. The number of piperidine rings is 1. The van der Waals surface area contributed by atoms with Crippen molar-refractivity contribution >= 4 is 5.69 Å². The number of aryl methyl sites for hydroxylation is 1. The van der Waals surface area contributed by atoms with Crippen LogP contribution in [0.15, 0.2) is 18.2 Å². The molecule has 1 N–H and O–H groups in total. The summed E-state index contributed by atoms with van der Waals surface area (Å²) in [5.41, 5.74) is 4.14. The van der Waals surface area contributed by atoms with Gasteiger partial charge in [0, 0.05) is 38.5 Å². The Labute approximate surface area is 129 Å². The van der Waals surface area contributed by atoms with Crippen LogP contribution in [0.4, 0.5) is 5.69 Å². The molecule has 0 aromatic heterocycles. The summed E-state index contributed by atoms with van der Waals surface area (Å²) in [5.74, 6) is 0.787. The monoisotopic (exact) mass is 290 g/mol.